The number of carbonyl (C=O) groups is 1. The van der Waals surface area contributed by atoms with E-state index in [0.29, 0.717) is 5.56 Å². The van der Waals surface area contributed by atoms with E-state index < -0.39 is 22.9 Å². The van der Waals surface area contributed by atoms with E-state index in [1.165, 1.54) is 36.4 Å². The highest BCUT2D eigenvalue weighted by molar-refractivity contribution is 5.89. The average Bonchev–Trinajstić information content (AvgIpc) is 2.54. The number of nitro groups is 1. The van der Waals surface area contributed by atoms with Crippen molar-refractivity contribution in [3.63, 3.8) is 0 Å². The number of hydrogen-bond donors (Lipinski definition) is 3. The highest BCUT2D eigenvalue weighted by Gasteiger charge is 2.15. The Morgan fingerprint density at radius 2 is 2.04 bits per heavy atom. The molecule has 2 rings (SSSR count). The Morgan fingerprint density at radius 3 is 2.71 bits per heavy atom. The summed E-state index contributed by atoms with van der Waals surface area (Å²) in [7, 11) is 0. The summed E-state index contributed by atoms with van der Waals surface area (Å²) in [5, 5.41) is 25.6. The molecule has 7 nitrogen and oxygen atoms in total. The maximum Gasteiger partial charge on any atom is 0.319 e. The Morgan fingerprint density at radius 1 is 1.33 bits per heavy atom. The number of aryl methyl sites for hydroxylation is 1. The molecule has 2 amide bonds. The third kappa shape index (κ3) is 4.26. The number of halogens is 1. The van der Waals surface area contributed by atoms with Gasteiger partial charge >= 0.3 is 6.03 Å². The van der Waals surface area contributed by atoms with Gasteiger partial charge in [0.25, 0.3) is 5.69 Å². The third-order valence-electron chi connectivity index (χ3n) is 3.38. The number of amides is 2. The smallest absolute Gasteiger partial charge is 0.319 e. The van der Waals surface area contributed by atoms with Crippen molar-refractivity contribution in [1.29, 1.82) is 0 Å². The fourth-order valence-electron chi connectivity index (χ4n) is 2.10. The number of carbonyl (C=O) groups excluding carboxylic acids is 1. The molecule has 0 aliphatic rings. The van der Waals surface area contributed by atoms with E-state index in [2.05, 4.69) is 10.6 Å². The Balaban J connectivity index is 1.95. The number of rotatable bonds is 5. The van der Waals surface area contributed by atoms with Crippen LogP contribution >= 0.6 is 0 Å². The van der Waals surface area contributed by atoms with Crippen LogP contribution in [0.5, 0.6) is 0 Å². The van der Waals surface area contributed by atoms with Crippen molar-refractivity contribution in [2.75, 3.05) is 11.9 Å². The van der Waals surface area contributed by atoms with Crippen molar-refractivity contribution in [2.24, 2.45) is 0 Å². The lowest BCUT2D eigenvalue weighted by Gasteiger charge is -2.13. The fourth-order valence-corrected chi connectivity index (χ4v) is 2.10. The van der Waals surface area contributed by atoms with Gasteiger partial charge in [-0.2, -0.15) is 0 Å². The number of hydrogen-bond acceptors (Lipinski definition) is 4. The Hall–Kier alpha value is -3.00. The van der Waals surface area contributed by atoms with Crippen molar-refractivity contribution in [3.05, 3.63) is 69.5 Å². The van der Waals surface area contributed by atoms with E-state index in [0.717, 1.165) is 0 Å². The van der Waals surface area contributed by atoms with Crippen LogP contribution in [0.2, 0.25) is 0 Å². The Labute approximate surface area is 137 Å². The summed E-state index contributed by atoms with van der Waals surface area (Å²) in [5.74, 6) is -0.568. The molecule has 1 atom stereocenters. The first-order valence-corrected chi connectivity index (χ1v) is 7.11. The zero-order valence-electron chi connectivity index (χ0n) is 12.8. The number of benzene rings is 2. The molecule has 0 fully saturated rings. The minimum atomic E-state index is -1.20. The van der Waals surface area contributed by atoms with Crippen LogP contribution in [-0.4, -0.2) is 22.6 Å². The lowest BCUT2D eigenvalue weighted by molar-refractivity contribution is -0.385. The predicted octanol–water partition coefficient (Wildman–Crippen LogP) is 2.90. The van der Waals surface area contributed by atoms with Gasteiger partial charge in [0.2, 0.25) is 0 Å². The van der Waals surface area contributed by atoms with E-state index >= 15 is 0 Å². The molecule has 126 valence electrons. The van der Waals surface area contributed by atoms with E-state index in [1.54, 1.807) is 13.0 Å². The van der Waals surface area contributed by atoms with Gasteiger partial charge in [0, 0.05) is 29.4 Å². The van der Waals surface area contributed by atoms with E-state index in [-0.39, 0.29) is 23.5 Å². The van der Waals surface area contributed by atoms with E-state index in [1.807, 2.05) is 0 Å². The lowest BCUT2D eigenvalue weighted by atomic mass is 10.1. The second-order valence-corrected chi connectivity index (χ2v) is 5.13. The van der Waals surface area contributed by atoms with Crippen LogP contribution in [-0.2, 0) is 0 Å². The van der Waals surface area contributed by atoms with Gasteiger partial charge in [-0.1, -0.05) is 24.3 Å². The SMILES string of the molecule is Cc1ccc(NC(=O)NCC(O)c2ccccc2F)cc1[N+](=O)[O-]. The zero-order chi connectivity index (χ0) is 17.7. The quantitative estimate of drug-likeness (QED) is 0.578. The minimum absolute atomic E-state index is 0.0729. The molecule has 3 N–H and O–H groups in total. The molecule has 0 radical (unpaired) electrons. The van der Waals surface area contributed by atoms with Gasteiger partial charge in [0.15, 0.2) is 0 Å². The van der Waals surface area contributed by atoms with Crippen LogP contribution in [0.25, 0.3) is 0 Å². The molecule has 0 aromatic heterocycles. The van der Waals surface area contributed by atoms with Crippen LogP contribution in [0.4, 0.5) is 20.6 Å². The third-order valence-corrected chi connectivity index (χ3v) is 3.38. The van der Waals surface area contributed by atoms with E-state index in [9.17, 15) is 24.4 Å². The molecule has 0 aliphatic carbocycles. The number of nitrogens with one attached hydrogen (secondary N) is 2. The number of anilines is 1. The predicted molar refractivity (Wildman–Crippen MR) is 86.2 cm³/mol. The largest absolute Gasteiger partial charge is 0.386 e. The van der Waals surface area contributed by atoms with E-state index in [4.69, 9.17) is 0 Å². The number of urea groups is 1. The summed E-state index contributed by atoms with van der Waals surface area (Å²) in [6.07, 6.45) is -1.20. The maximum atomic E-state index is 13.5. The van der Waals surface area contributed by atoms with Crippen molar-refractivity contribution in [1.82, 2.24) is 5.32 Å². The van der Waals surface area contributed by atoms with Crippen LogP contribution in [0.15, 0.2) is 42.5 Å². The van der Waals surface area contributed by atoms with Crippen LogP contribution < -0.4 is 10.6 Å². The van der Waals surface area contributed by atoms with Gasteiger partial charge in [0.1, 0.15) is 5.82 Å². The summed E-state index contributed by atoms with van der Waals surface area (Å²) in [5.41, 5.74) is 0.675. The van der Waals surface area contributed by atoms with Gasteiger partial charge in [-0.15, -0.1) is 0 Å². The van der Waals surface area contributed by atoms with Crippen LogP contribution in [0.3, 0.4) is 0 Å². The molecule has 0 saturated heterocycles. The highest BCUT2D eigenvalue weighted by atomic mass is 19.1. The first-order valence-electron chi connectivity index (χ1n) is 7.11. The van der Waals surface area contributed by atoms with Gasteiger partial charge in [0.05, 0.1) is 11.0 Å². The summed E-state index contributed by atoms with van der Waals surface area (Å²) < 4.78 is 13.5. The molecule has 0 spiro atoms. The average molecular weight is 333 g/mol. The van der Waals surface area contributed by atoms with Gasteiger partial charge < -0.3 is 15.7 Å². The molecular formula is C16H16FN3O4. The molecule has 0 saturated carbocycles. The van der Waals surface area contributed by atoms with Gasteiger partial charge in [-0.3, -0.25) is 10.1 Å². The van der Waals surface area contributed by atoms with Crippen LogP contribution in [0.1, 0.15) is 17.2 Å². The molecule has 0 heterocycles. The van der Waals surface area contributed by atoms with Gasteiger partial charge in [-0.25, -0.2) is 9.18 Å². The maximum absolute atomic E-state index is 13.5. The number of nitro benzene ring substituents is 1. The fraction of sp³-hybridized carbons (Fsp3) is 0.188. The lowest BCUT2D eigenvalue weighted by Crippen LogP contribution is -2.32. The standard InChI is InChI=1S/C16H16FN3O4/c1-10-6-7-11(8-14(10)20(23)24)19-16(22)18-9-15(21)12-4-2-3-5-13(12)17/h2-8,15,21H,9H2,1H3,(H2,18,19,22). The van der Waals surface area contributed by atoms with Crippen molar-refractivity contribution in [3.8, 4) is 0 Å². The first kappa shape index (κ1) is 17.4. The summed E-state index contributed by atoms with van der Waals surface area (Å²) >= 11 is 0. The topological polar surface area (TPSA) is 104 Å². The Bertz CT molecular complexity index is 767. The molecule has 1 unspecified atom stereocenters. The Kier molecular flexibility index (Phi) is 5.43. The van der Waals surface area contributed by atoms with Crippen molar-refractivity contribution >= 4 is 17.4 Å². The second-order valence-electron chi connectivity index (χ2n) is 5.13. The highest BCUT2D eigenvalue weighted by Crippen LogP contribution is 2.22. The number of nitrogens with zero attached hydrogens (tertiary/aromatic N) is 1. The van der Waals surface area contributed by atoms with Crippen LogP contribution in [0, 0.1) is 22.9 Å². The molecule has 8 heteroatoms. The molecule has 24 heavy (non-hydrogen) atoms. The molecule has 2 aromatic carbocycles. The molecule has 0 aliphatic heterocycles. The normalized spacial score (nSPS) is 11.6. The number of aliphatic hydroxyl groups is 1. The molecule has 0 bridgehead atoms. The molecule has 2 aromatic rings. The monoisotopic (exact) mass is 333 g/mol. The minimum Gasteiger partial charge on any atom is -0.386 e. The molecular weight excluding hydrogens is 317 g/mol. The summed E-state index contributed by atoms with van der Waals surface area (Å²) in [6, 6.07) is 9.32. The summed E-state index contributed by atoms with van der Waals surface area (Å²) in [4.78, 5) is 22.1. The first-order chi connectivity index (χ1) is 11.4. The van der Waals surface area contributed by atoms with Crippen molar-refractivity contribution < 1.29 is 19.2 Å². The summed E-state index contributed by atoms with van der Waals surface area (Å²) in [6.45, 7) is 1.38. The number of aliphatic hydroxyl groups excluding tert-OH is 1. The zero-order valence-corrected chi connectivity index (χ0v) is 12.8. The second kappa shape index (κ2) is 7.51. The van der Waals surface area contributed by atoms with Crippen molar-refractivity contribution in [2.45, 2.75) is 13.0 Å². The van der Waals surface area contributed by atoms with Gasteiger partial charge in [-0.05, 0) is 19.1 Å².